The molecule has 0 spiro atoms. The number of amides is 1. The zero-order valence-corrected chi connectivity index (χ0v) is 13.9. The van der Waals surface area contributed by atoms with Crippen LogP contribution in [0.25, 0.3) is 0 Å². The predicted octanol–water partition coefficient (Wildman–Crippen LogP) is 3.18. The minimum atomic E-state index is -1.36. The summed E-state index contributed by atoms with van der Waals surface area (Å²) in [6.07, 6.45) is 0. The van der Waals surface area contributed by atoms with E-state index in [2.05, 4.69) is 0 Å². The van der Waals surface area contributed by atoms with Crippen molar-refractivity contribution < 1.29 is 19.4 Å². The number of fused-ring (bicyclic) bond motifs is 1. The number of nitrogens with zero attached hydrogens (tertiary/aromatic N) is 1. The predicted molar refractivity (Wildman–Crippen MR) is 84.4 cm³/mol. The third kappa shape index (κ3) is 2.45. The van der Waals surface area contributed by atoms with Crippen LogP contribution < -0.4 is 9.64 Å². The summed E-state index contributed by atoms with van der Waals surface area (Å²) in [5.74, 6) is -0.610. The van der Waals surface area contributed by atoms with Crippen LogP contribution in [0.15, 0.2) is 18.2 Å². The molecule has 5 heteroatoms. The summed E-state index contributed by atoms with van der Waals surface area (Å²) in [5.41, 5.74) is -0.911. The molecule has 22 heavy (non-hydrogen) atoms. The summed E-state index contributed by atoms with van der Waals surface area (Å²) in [7, 11) is 0. The van der Waals surface area contributed by atoms with E-state index in [1.54, 1.807) is 13.8 Å². The lowest BCUT2D eigenvalue weighted by Gasteiger charge is -2.44. The lowest BCUT2D eigenvalue weighted by atomic mass is 9.93. The van der Waals surface area contributed by atoms with Gasteiger partial charge in [-0.1, -0.05) is 19.9 Å². The molecule has 2 rings (SSSR count). The van der Waals surface area contributed by atoms with Gasteiger partial charge in [-0.15, -0.1) is 0 Å². The third-order valence-electron chi connectivity index (χ3n) is 4.06. The Hall–Kier alpha value is -2.04. The Morgan fingerprint density at radius 1 is 1.32 bits per heavy atom. The van der Waals surface area contributed by atoms with Crippen LogP contribution in [0.1, 0.15) is 53.0 Å². The zero-order chi connectivity index (χ0) is 16.9. The molecular weight excluding hydrogens is 282 g/mol. The Bertz CT molecular complexity index is 632. The lowest BCUT2D eigenvalue weighted by molar-refractivity contribution is -0.146. The van der Waals surface area contributed by atoms with E-state index in [1.165, 1.54) is 18.7 Å². The third-order valence-corrected chi connectivity index (χ3v) is 4.06. The van der Waals surface area contributed by atoms with Crippen LogP contribution in [0.5, 0.6) is 5.75 Å². The molecule has 1 aliphatic heterocycles. The topological polar surface area (TPSA) is 66.8 Å². The van der Waals surface area contributed by atoms with Gasteiger partial charge in [-0.25, -0.2) is 4.79 Å². The molecule has 0 saturated carbocycles. The summed E-state index contributed by atoms with van der Waals surface area (Å²) in [5, 5.41) is 9.55. The van der Waals surface area contributed by atoms with Gasteiger partial charge in [0.25, 0.3) is 5.91 Å². The van der Waals surface area contributed by atoms with E-state index in [9.17, 15) is 14.7 Å². The highest BCUT2D eigenvalue weighted by molar-refractivity contribution is 6.07. The fourth-order valence-corrected chi connectivity index (χ4v) is 2.50. The number of rotatable bonds is 3. The summed E-state index contributed by atoms with van der Waals surface area (Å²) < 4.78 is 5.79. The molecule has 0 unspecified atom stereocenters. The average molecular weight is 305 g/mol. The first-order valence-corrected chi connectivity index (χ1v) is 7.39. The van der Waals surface area contributed by atoms with Crippen LogP contribution in [-0.4, -0.2) is 28.1 Å². The van der Waals surface area contributed by atoms with E-state index in [-0.39, 0.29) is 11.8 Å². The van der Waals surface area contributed by atoms with Gasteiger partial charge in [-0.3, -0.25) is 9.69 Å². The molecule has 1 aliphatic rings. The van der Waals surface area contributed by atoms with Crippen molar-refractivity contribution in [3.63, 3.8) is 0 Å². The minimum absolute atomic E-state index is 0.269. The van der Waals surface area contributed by atoms with E-state index < -0.39 is 17.1 Å². The van der Waals surface area contributed by atoms with Gasteiger partial charge in [0.15, 0.2) is 5.60 Å². The molecule has 120 valence electrons. The molecule has 1 aromatic rings. The molecule has 1 heterocycles. The van der Waals surface area contributed by atoms with Gasteiger partial charge in [-0.05, 0) is 51.3 Å². The van der Waals surface area contributed by atoms with Crippen molar-refractivity contribution in [1.29, 1.82) is 0 Å². The summed E-state index contributed by atoms with van der Waals surface area (Å²) in [6.45, 7) is 10.5. The summed E-state index contributed by atoms with van der Waals surface area (Å²) in [6, 6.07) is 5.60. The number of anilines is 1. The molecule has 0 aliphatic carbocycles. The fourth-order valence-electron chi connectivity index (χ4n) is 2.50. The molecule has 5 nitrogen and oxygen atoms in total. The van der Waals surface area contributed by atoms with E-state index in [4.69, 9.17) is 4.74 Å². The molecule has 1 amide bonds. The van der Waals surface area contributed by atoms with Gasteiger partial charge in [0, 0.05) is 0 Å². The minimum Gasteiger partial charge on any atom is -0.480 e. The second kappa shape index (κ2) is 5.00. The van der Waals surface area contributed by atoms with E-state index in [1.807, 2.05) is 32.0 Å². The zero-order valence-electron chi connectivity index (χ0n) is 13.9. The smallest absolute Gasteiger partial charge is 0.329 e. The number of carbonyl (C=O) groups excluding carboxylic acids is 1. The van der Waals surface area contributed by atoms with Crippen LogP contribution in [-0.2, 0) is 9.59 Å². The first-order valence-electron chi connectivity index (χ1n) is 7.39. The van der Waals surface area contributed by atoms with Crippen molar-refractivity contribution in [2.45, 2.75) is 58.6 Å². The number of ether oxygens (including phenoxy) is 1. The molecule has 0 atom stereocenters. The second-order valence-electron chi connectivity index (χ2n) is 7.00. The Kier molecular flexibility index (Phi) is 3.71. The maximum absolute atomic E-state index is 12.8. The monoisotopic (exact) mass is 305 g/mol. The van der Waals surface area contributed by atoms with Crippen LogP contribution in [0.2, 0.25) is 0 Å². The largest absolute Gasteiger partial charge is 0.480 e. The van der Waals surface area contributed by atoms with Crippen molar-refractivity contribution >= 4 is 17.6 Å². The number of aliphatic carboxylic acids is 1. The quantitative estimate of drug-likeness (QED) is 0.931. The molecule has 0 radical (unpaired) electrons. The van der Waals surface area contributed by atoms with Crippen molar-refractivity contribution in [1.82, 2.24) is 0 Å². The highest BCUT2D eigenvalue weighted by Gasteiger charge is 2.49. The first kappa shape index (κ1) is 16.3. The lowest BCUT2D eigenvalue weighted by Crippen LogP contribution is -2.62. The van der Waals surface area contributed by atoms with Gasteiger partial charge < -0.3 is 9.84 Å². The average Bonchev–Trinajstić information content (AvgIpc) is 2.38. The number of carbonyl (C=O) groups is 2. The molecule has 0 aromatic heterocycles. The summed E-state index contributed by atoms with van der Waals surface area (Å²) in [4.78, 5) is 25.8. The van der Waals surface area contributed by atoms with Gasteiger partial charge in [0.2, 0.25) is 0 Å². The molecule has 0 saturated heterocycles. The van der Waals surface area contributed by atoms with E-state index >= 15 is 0 Å². The van der Waals surface area contributed by atoms with Crippen molar-refractivity contribution in [3.05, 3.63) is 23.8 Å². The van der Waals surface area contributed by atoms with Crippen molar-refractivity contribution in [3.8, 4) is 5.75 Å². The SMILES string of the molecule is CC(C)c1ccc2c(c1)N(C(C)(C)C(=O)O)C(=O)C(C)(C)O2. The van der Waals surface area contributed by atoms with Gasteiger partial charge in [0.05, 0.1) is 5.69 Å². The van der Waals surface area contributed by atoms with Crippen LogP contribution in [0.4, 0.5) is 5.69 Å². The second-order valence-corrected chi connectivity index (χ2v) is 7.00. The molecule has 1 aromatic carbocycles. The van der Waals surface area contributed by atoms with E-state index in [0.717, 1.165) is 5.56 Å². The number of hydrogen-bond acceptors (Lipinski definition) is 3. The normalized spacial score (nSPS) is 17.2. The van der Waals surface area contributed by atoms with E-state index in [0.29, 0.717) is 11.4 Å². The van der Waals surface area contributed by atoms with Gasteiger partial charge in [-0.2, -0.15) is 0 Å². The number of carboxylic acids is 1. The first-order chi connectivity index (χ1) is 9.98. The number of carboxylic acid groups (broad SMARTS) is 1. The fraction of sp³-hybridized carbons (Fsp3) is 0.529. The molecule has 1 N–H and O–H groups in total. The standard InChI is InChI=1S/C17H23NO4/c1-10(2)11-7-8-13-12(9-11)18(16(3,4)15(20)21)14(19)17(5,6)22-13/h7-10H,1-6H3,(H,20,21). The van der Waals surface area contributed by atoms with Crippen LogP contribution in [0, 0.1) is 0 Å². The Morgan fingerprint density at radius 3 is 2.41 bits per heavy atom. The van der Waals surface area contributed by atoms with Gasteiger partial charge in [0.1, 0.15) is 11.3 Å². The molecule has 0 bridgehead atoms. The Morgan fingerprint density at radius 2 is 1.91 bits per heavy atom. The van der Waals surface area contributed by atoms with Crippen LogP contribution >= 0.6 is 0 Å². The maximum atomic E-state index is 12.8. The van der Waals surface area contributed by atoms with Gasteiger partial charge >= 0.3 is 5.97 Å². The maximum Gasteiger partial charge on any atom is 0.329 e. The Balaban J connectivity index is 2.69. The van der Waals surface area contributed by atoms with Crippen LogP contribution in [0.3, 0.4) is 0 Å². The Labute approximate surface area is 130 Å². The number of benzene rings is 1. The highest BCUT2D eigenvalue weighted by atomic mass is 16.5. The molecular formula is C17H23NO4. The van der Waals surface area contributed by atoms with Crippen molar-refractivity contribution in [2.24, 2.45) is 0 Å². The molecule has 0 fully saturated rings. The number of hydrogen-bond donors (Lipinski definition) is 1. The summed E-state index contributed by atoms with van der Waals surface area (Å²) >= 11 is 0. The highest BCUT2D eigenvalue weighted by Crippen LogP contribution is 2.42. The van der Waals surface area contributed by atoms with Crippen molar-refractivity contribution in [2.75, 3.05) is 4.90 Å².